The van der Waals surface area contributed by atoms with E-state index in [1.165, 1.54) is 0 Å². The Hall–Kier alpha value is -2.28. The zero-order valence-electron chi connectivity index (χ0n) is 17.4. The second-order valence-corrected chi connectivity index (χ2v) is 9.95. The van der Waals surface area contributed by atoms with Crippen LogP contribution in [0.5, 0.6) is 0 Å². The Labute approximate surface area is 175 Å². The first-order valence-corrected chi connectivity index (χ1v) is 10.3. The monoisotopic (exact) mass is 418 g/mol. The lowest BCUT2D eigenvalue weighted by Gasteiger charge is -2.27. The number of piperidine rings is 1. The van der Waals surface area contributed by atoms with Gasteiger partial charge in [0.15, 0.2) is 0 Å². The highest BCUT2D eigenvalue weighted by atomic mass is 35.5. The van der Waals surface area contributed by atoms with Crippen molar-refractivity contribution < 1.29 is 14.3 Å². The van der Waals surface area contributed by atoms with Crippen LogP contribution < -0.4 is 5.32 Å². The molecule has 2 atom stereocenters. The summed E-state index contributed by atoms with van der Waals surface area (Å²) in [6, 6.07) is 3.67. The number of carbonyl (C=O) groups is 2. The van der Waals surface area contributed by atoms with Crippen molar-refractivity contribution in [2.24, 2.45) is 17.8 Å². The van der Waals surface area contributed by atoms with Crippen LogP contribution in [0.4, 0.5) is 4.79 Å². The second-order valence-electron chi connectivity index (χ2n) is 9.55. The number of halogens is 1. The van der Waals surface area contributed by atoms with Gasteiger partial charge in [-0.2, -0.15) is 0 Å². The van der Waals surface area contributed by atoms with E-state index in [9.17, 15) is 9.59 Å². The molecule has 4 rings (SSSR count). The normalized spacial score (nSPS) is 23.8. The van der Waals surface area contributed by atoms with Gasteiger partial charge in [0, 0.05) is 25.2 Å². The molecule has 2 unspecified atom stereocenters. The molecule has 0 spiro atoms. The molecule has 2 aliphatic rings. The molecule has 29 heavy (non-hydrogen) atoms. The fraction of sp³-hybridized carbons (Fsp3) is 0.571. The van der Waals surface area contributed by atoms with Crippen molar-refractivity contribution in [1.82, 2.24) is 19.6 Å². The molecule has 2 fully saturated rings. The first kappa shape index (κ1) is 20.0. The number of hydrogen-bond donors (Lipinski definition) is 1. The standard InChI is InChI=1S/C21H27ClN4O3/c1-20(2,3)29-19(28)25-10-12-13(11-25)16(12)17(27)24-21(4,5)18-23-9-15-14(22)7-6-8-26(15)18/h6-9,12-13,16H,10-11H2,1-5H3,(H,24,27). The number of carbonyl (C=O) groups excluding carboxylic acids is 2. The Balaban J connectivity index is 1.40. The molecular weight excluding hydrogens is 392 g/mol. The Morgan fingerprint density at radius 1 is 1.21 bits per heavy atom. The highest BCUT2D eigenvalue weighted by Crippen LogP contribution is 2.52. The van der Waals surface area contributed by atoms with Crippen LogP contribution in [-0.4, -0.2) is 45.0 Å². The van der Waals surface area contributed by atoms with E-state index in [1.54, 1.807) is 11.1 Å². The van der Waals surface area contributed by atoms with Crippen molar-refractivity contribution >= 4 is 29.1 Å². The van der Waals surface area contributed by atoms with Gasteiger partial charge >= 0.3 is 6.09 Å². The Morgan fingerprint density at radius 3 is 2.48 bits per heavy atom. The van der Waals surface area contributed by atoms with E-state index in [1.807, 2.05) is 57.3 Å². The largest absolute Gasteiger partial charge is 0.444 e. The van der Waals surface area contributed by atoms with Crippen LogP contribution >= 0.6 is 11.6 Å². The summed E-state index contributed by atoms with van der Waals surface area (Å²) in [4.78, 5) is 31.4. The molecule has 1 aliphatic heterocycles. The fourth-order valence-corrected chi connectivity index (χ4v) is 4.50. The SMILES string of the molecule is CC(C)(C)OC(=O)N1CC2C(C1)C2C(=O)NC(C)(C)c1ncc2c(Cl)cccn12. The van der Waals surface area contributed by atoms with Crippen molar-refractivity contribution in [2.75, 3.05) is 13.1 Å². The summed E-state index contributed by atoms with van der Waals surface area (Å²) in [7, 11) is 0. The number of pyridine rings is 1. The van der Waals surface area contributed by atoms with Gasteiger partial charge in [-0.3, -0.25) is 4.79 Å². The zero-order chi connectivity index (χ0) is 21.1. The minimum absolute atomic E-state index is 0.00705. The Kier molecular flexibility index (Phi) is 4.57. The van der Waals surface area contributed by atoms with Gasteiger partial charge in [-0.15, -0.1) is 0 Å². The van der Waals surface area contributed by atoms with E-state index in [4.69, 9.17) is 16.3 Å². The third kappa shape index (κ3) is 3.68. The molecule has 2 aromatic heterocycles. The topological polar surface area (TPSA) is 75.9 Å². The summed E-state index contributed by atoms with van der Waals surface area (Å²) in [5.74, 6) is 1.06. The average molecular weight is 419 g/mol. The van der Waals surface area contributed by atoms with Gasteiger partial charge < -0.3 is 19.4 Å². The molecule has 7 nitrogen and oxygen atoms in total. The molecule has 1 N–H and O–H groups in total. The Bertz CT molecular complexity index is 966. The summed E-state index contributed by atoms with van der Waals surface area (Å²) in [6.07, 6.45) is 3.31. The van der Waals surface area contributed by atoms with Gasteiger partial charge in [0.1, 0.15) is 11.4 Å². The number of nitrogens with one attached hydrogen (secondary N) is 1. The lowest BCUT2D eigenvalue weighted by atomic mass is 10.0. The van der Waals surface area contributed by atoms with E-state index in [0.717, 1.165) is 11.3 Å². The van der Waals surface area contributed by atoms with Gasteiger partial charge in [0.05, 0.1) is 22.3 Å². The van der Waals surface area contributed by atoms with Gasteiger partial charge in [-0.05, 0) is 58.6 Å². The van der Waals surface area contributed by atoms with Crippen molar-refractivity contribution in [3.8, 4) is 0 Å². The summed E-state index contributed by atoms with van der Waals surface area (Å²) >= 11 is 6.24. The highest BCUT2D eigenvalue weighted by molar-refractivity contribution is 6.33. The van der Waals surface area contributed by atoms with Crippen LogP contribution in [0.2, 0.25) is 5.02 Å². The van der Waals surface area contributed by atoms with E-state index in [2.05, 4.69) is 10.3 Å². The number of amides is 2. The highest BCUT2D eigenvalue weighted by Gasteiger charge is 2.61. The maximum Gasteiger partial charge on any atom is 0.410 e. The minimum atomic E-state index is -0.657. The maximum atomic E-state index is 12.9. The molecule has 2 aromatic rings. The average Bonchev–Trinajstić information content (AvgIpc) is 2.96. The van der Waals surface area contributed by atoms with Crippen molar-refractivity contribution in [1.29, 1.82) is 0 Å². The summed E-state index contributed by atoms with van der Waals surface area (Å²) in [5, 5.41) is 3.76. The smallest absolute Gasteiger partial charge is 0.410 e. The van der Waals surface area contributed by atoms with Gasteiger partial charge in [-0.25, -0.2) is 9.78 Å². The van der Waals surface area contributed by atoms with Crippen LogP contribution in [0.3, 0.4) is 0 Å². The first-order valence-electron chi connectivity index (χ1n) is 9.90. The molecule has 0 aromatic carbocycles. The van der Waals surface area contributed by atoms with Crippen molar-refractivity contribution in [3.63, 3.8) is 0 Å². The number of fused-ring (bicyclic) bond motifs is 2. The molecule has 0 radical (unpaired) electrons. The van der Waals surface area contributed by atoms with E-state index in [-0.39, 0.29) is 29.8 Å². The summed E-state index contributed by atoms with van der Waals surface area (Å²) in [5.41, 5.74) is -0.362. The van der Waals surface area contributed by atoms with Crippen molar-refractivity contribution in [3.05, 3.63) is 35.4 Å². The van der Waals surface area contributed by atoms with Crippen LogP contribution in [0, 0.1) is 17.8 Å². The van der Waals surface area contributed by atoms with E-state index in [0.29, 0.717) is 18.1 Å². The van der Waals surface area contributed by atoms with Crippen LogP contribution in [0.25, 0.3) is 5.52 Å². The maximum absolute atomic E-state index is 12.9. The molecule has 8 heteroatoms. The molecule has 2 amide bonds. The van der Waals surface area contributed by atoms with Crippen LogP contribution in [0.15, 0.2) is 24.5 Å². The third-order valence-electron chi connectivity index (χ3n) is 5.66. The zero-order valence-corrected chi connectivity index (χ0v) is 18.2. The van der Waals surface area contributed by atoms with Gasteiger partial charge in [-0.1, -0.05) is 11.6 Å². The number of aromatic nitrogens is 2. The molecule has 1 saturated carbocycles. The number of ether oxygens (including phenoxy) is 1. The number of nitrogens with zero attached hydrogens (tertiary/aromatic N) is 3. The quantitative estimate of drug-likeness (QED) is 0.828. The molecule has 3 heterocycles. The van der Waals surface area contributed by atoms with Crippen molar-refractivity contribution in [2.45, 2.75) is 45.8 Å². The number of rotatable bonds is 3. The predicted octanol–water partition coefficient (Wildman–Crippen LogP) is 3.45. The summed E-state index contributed by atoms with van der Waals surface area (Å²) in [6.45, 7) is 10.6. The van der Waals surface area contributed by atoms with Crippen LogP contribution in [-0.2, 0) is 15.1 Å². The predicted molar refractivity (Wildman–Crippen MR) is 110 cm³/mol. The lowest BCUT2D eigenvalue weighted by Crippen LogP contribution is -2.45. The number of hydrogen-bond acceptors (Lipinski definition) is 4. The molecular formula is C21H27ClN4O3. The third-order valence-corrected chi connectivity index (χ3v) is 5.98. The van der Waals surface area contributed by atoms with E-state index >= 15 is 0 Å². The second kappa shape index (κ2) is 6.62. The molecule has 1 aliphatic carbocycles. The number of imidazole rings is 1. The van der Waals surface area contributed by atoms with Crippen LogP contribution in [0.1, 0.15) is 40.4 Å². The number of likely N-dealkylation sites (tertiary alicyclic amines) is 1. The molecule has 0 bridgehead atoms. The van der Waals surface area contributed by atoms with Gasteiger partial charge in [0.2, 0.25) is 5.91 Å². The Morgan fingerprint density at radius 2 is 1.86 bits per heavy atom. The fourth-order valence-electron chi connectivity index (χ4n) is 4.29. The van der Waals surface area contributed by atoms with Gasteiger partial charge in [0.25, 0.3) is 0 Å². The minimum Gasteiger partial charge on any atom is -0.444 e. The van der Waals surface area contributed by atoms with E-state index < -0.39 is 11.1 Å². The lowest BCUT2D eigenvalue weighted by molar-refractivity contribution is -0.125. The molecule has 156 valence electrons. The first-order chi connectivity index (χ1) is 13.5. The molecule has 1 saturated heterocycles. The summed E-state index contributed by atoms with van der Waals surface area (Å²) < 4.78 is 7.33.